The second-order valence-corrected chi connectivity index (χ2v) is 4.68. The van der Waals surface area contributed by atoms with Gasteiger partial charge in [-0.1, -0.05) is 0 Å². The van der Waals surface area contributed by atoms with Crippen molar-refractivity contribution in [2.45, 2.75) is 38.2 Å². The van der Waals surface area contributed by atoms with Crippen molar-refractivity contribution in [2.75, 3.05) is 24.2 Å². The summed E-state index contributed by atoms with van der Waals surface area (Å²) in [5.74, 6) is 0.541. The maximum atomic E-state index is 9.68. The van der Waals surface area contributed by atoms with Crippen LogP contribution in [0.5, 0.6) is 0 Å². The fourth-order valence-corrected chi connectivity index (χ4v) is 1.64. The Bertz CT molecular complexity index is 396. The first-order valence-corrected chi connectivity index (χ1v) is 6.10. The van der Waals surface area contributed by atoms with Gasteiger partial charge in [-0.2, -0.15) is 5.10 Å². The molecule has 0 spiro atoms. The normalized spacial score (nSPS) is 16.4. The molecule has 8 nitrogen and oxygen atoms in total. The van der Waals surface area contributed by atoms with Crippen LogP contribution in [0.3, 0.4) is 0 Å². The van der Waals surface area contributed by atoms with E-state index in [-0.39, 0.29) is 12.6 Å². The molecule has 1 aromatic heterocycles. The quantitative estimate of drug-likeness (QED) is 0.357. The molecular weight excluding hydrogens is 252 g/mol. The van der Waals surface area contributed by atoms with Gasteiger partial charge in [0.25, 0.3) is 0 Å². The largest absolute Gasteiger partial charge is 0.394 e. The van der Waals surface area contributed by atoms with Gasteiger partial charge in [-0.3, -0.25) is 0 Å². The Kier molecular flexibility index (Phi) is 5.55. The van der Waals surface area contributed by atoms with E-state index < -0.39 is 24.9 Å². The van der Waals surface area contributed by atoms with E-state index in [0.717, 1.165) is 0 Å². The van der Waals surface area contributed by atoms with Gasteiger partial charge >= 0.3 is 0 Å². The second kappa shape index (κ2) is 6.71. The molecule has 3 unspecified atom stereocenters. The molecule has 3 atom stereocenters. The number of hydrogen-bond acceptors (Lipinski definition) is 7. The Morgan fingerprint density at radius 2 is 1.95 bits per heavy atom. The average Bonchev–Trinajstić information content (AvgIpc) is 2.75. The highest BCUT2D eigenvalue weighted by Crippen LogP contribution is 2.21. The van der Waals surface area contributed by atoms with Crippen LogP contribution >= 0.6 is 0 Å². The second-order valence-electron chi connectivity index (χ2n) is 4.68. The first-order valence-electron chi connectivity index (χ1n) is 6.10. The Labute approximate surface area is 111 Å². The van der Waals surface area contributed by atoms with Gasteiger partial charge in [-0.05, 0) is 13.8 Å². The number of aliphatic hydroxyl groups is 4. The SMILES string of the molecule is CC(C)n1ncc(N)c1NCC(O)C(O)C(O)CO. The Balaban J connectivity index is 2.64. The maximum absolute atomic E-state index is 9.68. The van der Waals surface area contributed by atoms with E-state index in [1.54, 1.807) is 4.68 Å². The standard InChI is InChI=1S/C11H22N4O4/c1-6(2)15-11(7(12)3-14-15)13-4-8(17)10(19)9(18)5-16/h3,6,8-10,13,16-19H,4-5,12H2,1-2H3. The molecule has 0 radical (unpaired) electrons. The zero-order valence-electron chi connectivity index (χ0n) is 11.1. The first kappa shape index (κ1) is 15.7. The molecule has 0 fully saturated rings. The summed E-state index contributed by atoms with van der Waals surface area (Å²) in [7, 11) is 0. The zero-order valence-corrected chi connectivity index (χ0v) is 11.1. The van der Waals surface area contributed by atoms with Gasteiger partial charge in [0.15, 0.2) is 0 Å². The number of nitrogen functional groups attached to an aromatic ring is 1. The predicted octanol–water partition coefficient (Wildman–Crippen LogP) is -1.47. The van der Waals surface area contributed by atoms with Crippen molar-refractivity contribution in [3.63, 3.8) is 0 Å². The van der Waals surface area contributed by atoms with E-state index in [1.165, 1.54) is 6.20 Å². The third kappa shape index (κ3) is 3.80. The summed E-state index contributed by atoms with van der Waals surface area (Å²) in [6.07, 6.45) is -2.57. The molecule has 1 aromatic rings. The number of nitrogens with two attached hydrogens (primary N) is 1. The van der Waals surface area contributed by atoms with E-state index in [2.05, 4.69) is 10.4 Å². The minimum absolute atomic E-state index is 0.0269. The fourth-order valence-electron chi connectivity index (χ4n) is 1.64. The Morgan fingerprint density at radius 1 is 1.32 bits per heavy atom. The minimum atomic E-state index is -1.44. The van der Waals surface area contributed by atoms with Crippen molar-refractivity contribution in [1.82, 2.24) is 9.78 Å². The van der Waals surface area contributed by atoms with Crippen molar-refractivity contribution < 1.29 is 20.4 Å². The van der Waals surface area contributed by atoms with Crippen LogP contribution in [0.25, 0.3) is 0 Å². The van der Waals surface area contributed by atoms with Gasteiger partial charge in [0.2, 0.25) is 0 Å². The van der Waals surface area contributed by atoms with Crippen LogP contribution in [-0.4, -0.2) is 61.7 Å². The van der Waals surface area contributed by atoms with E-state index in [0.29, 0.717) is 11.5 Å². The van der Waals surface area contributed by atoms with Gasteiger partial charge in [-0.15, -0.1) is 0 Å². The topological polar surface area (TPSA) is 137 Å². The van der Waals surface area contributed by atoms with Crippen LogP contribution in [-0.2, 0) is 0 Å². The zero-order chi connectivity index (χ0) is 14.6. The number of anilines is 2. The summed E-state index contributed by atoms with van der Waals surface area (Å²) in [5, 5.41) is 44.1. The molecule has 7 N–H and O–H groups in total. The number of nitrogens with zero attached hydrogens (tertiary/aromatic N) is 2. The van der Waals surface area contributed by atoms with Gasteiger partial charge in [0.05, 0.1) is 24.6 Å². The van der Waals surface area contributed by atoms with Gasteiger partial charge in [-0.25, -0.2) is 4.68 Å². The first-order chi connectivity index (χ1) is 8.88. The molecule has 8 heteroatoms. The van der Waals surface area contributed by atoms with Crippen LogP contribution in [0.2, 0.25) is 0 Å². The van der Waals surface area contributed by atoms with Crippen LogP contribution < -0.4 is 11.1 Å². The Hall–Kier alpha value is -1.35. The lowest BCUT2D eigenvalue weighted by Gasteiger charge is -2.22. The van der Waals surface area contributed by atoms with Gasteiger partial charge in [0, 0.05) is 12.6 Å². The molecule has 19 heavy (non-hydrogen) atoms. The lowest BCUT2D eigenvalue weighted by molar-refractivity contribution is -0.0715. The highest BCUT2D eigenvalue weighted by atomic mass is 16.4. The molecule has 0 aliphatic carbocycles. The molecule has 0 saturated heterocycles. The number of nitrogens with one attached hydrogen (secondary N) is 1. The number of rotatable bonds is 7. The van der Waals surface area contributed by atoms with Crippen molar-refractivity contribution in [1.29, 1.82) is 0 Å². The predicted molar refractivity (Wildman–Crippen MR) is 70.6 cm³/mol. The summed E-state index contributed by atoms with van der Waals surface area (Å²) in [6.45, 7) is 3.21. The highest BCUT2D eigenvalue weighted by molar-refractivity contribution is 5.60. The van der Waals surface area contributed by atoms with Crippen molar-refractivity contribution in [2.24, 2.45) is 0 Å². The summed E-state index contributed by atoms with van der Waals surface area (Å²) in [5.41, 5.74) is 6.18. The monoisotopic (exact) mass is 274 g/mol. The minimum Gasteiger partial charge on any atom is -0.394 e. The smallest absolute Gasteiger partial charge is 0.148 e. The molecule has 110 valence electrons. The van der Waals surface area contributed by atoms with Crippen molar-refractivity contribution >= 4 is 11.5 Å². The van der Waals surface area contributed by atoms with Crippen LogP contribution in [0.1, 0.15) is 19.9 Å². The molecule has 0 bridgehead atoms. The molecule has 0 aliphatic rings. The molecule has 1 heterocycles. The maximum Gasteiger partial charge on any atom is 0.148 e. The summed E-state index contributed by atoms with van der Waals surface area (Å²) in [6, 6.07) is 0.0879. The molecule has 1 rings (SSSR count). The molecule has 0 aromatic carbocycles. The lowest BCUT2D eigenvalue weighted by Crippen LogP contribution is -2.43. The van der Waals surface area contributed by atoms with Crippen molar-refractivity contribution in [3.8, 4) is 0 Å². The van der Waals surface area contributed by atoms with Crippen LogP contribution in [0.4, 0.5) is 11.5 Å². The van der Waals surface area contributed by atoms with Gasteiger partial charge in [0.1, 0.15) is 18.0 Å². The lowest BCUT2D eigenvalue weighted by atomic mass is 10.1. The number of aromatic nitrogens is 2. The van der Waals surface area contributed by atoms with Crippen LogP contribution in [0.15, 0.2) is 6.20 Å². The summed E-state index contributed by atoms with van der Waals surface area (Å²) >= 11 is 0. The van der Waals surface area contributed by atoms with E-state index in [1.807, 2.05) is 13.8 Å². The average molecular weight is 274 g/mol. The van der Waals surface area contributed by atoms with E-state index >= 15 is 0 Å². The van der Waals surface area contributed by atoms with Gasteiger partial charge < -0.3 is 31.5 Å². The fraction of sp³-hybridized carbons (Fsp3) is 0.727. The molecule has 0 aliphatic heterocycles. The van der Waals surface area contributed by atoms with E-state index in [9.17, 15) is 15.3 Å². The van der Waals surface area contributed by atoms with E-state index in [4.69, 9.17) is 10.8 Å². The Morgan fingerprint density at radius 3 is 2.47 bits per heavy atom. The summed E-state index contributed by atoms with van der Waals surface area (Å²) < 4.78 is 1.65. The number of aliphatic hydroxyl groups excluding tert-OH is 4. The summed E-state index contributed by atoms with van der Waals surface area (Å²) in [4.78, 5) is 0. The van der Waals surface area contributed by atoms with Crippen molar-refractivity contribution in [3.05, 3.63) is 6.20 Å². The highest BCUT2D eigenvalue weighted by Gasteiger charge is 2.24. The third-order valence-electron chi connectivity index (χ3n) is 2.77. The van der Waals surface area contributed by atoms with Crippen LogP contribution in [0, 0.1) is 0 Å². The number of hydrogen-bond donors (Lipinski definition) is 6. The molecular formula is C11H22N4O4. The molecule has 0 amide bonds. The molecule has 0 saturated carbocycles. The third-order valence-corrected chi connectivity index (χ3v) is 2.77.